The number of carbonyl (C=O) groups is 2. The number of hydrogen-bond acceptors (Lipinski definition) is 7. The Kier molecular flexibility index (Phi) is 11.0. The Morgan fingerprint density at radius 2 is 0.837 bits per heavy atom. The molecule has 0 amide bonds. The second-order valence-electron chi connectivity index (χ2n) is 11.1. The van der Waals surface area contributed by atoms with Gasteiger partial charge in [-0.05, 0) is 46.5 Å². The van der Waals surface area contributed by atoms with Crippen LogP contribution >= 0.6 is 0 Å². The van der Waals surface area contributed by atoms with Crippen LogP contribution in [-0.2, 0) is 31.2 Å². The van der Waals surface area contributed by atoms with E-state index in [0.29, 0.717) is 18.1 Å². The molecular formula is C42H34O7. The van der Waals surface area contributed by atoms with Crippen LogP contribution in [0.15, 0.2) is 158 Å². The van der Waals surface area contributed by atoms with Crippen molar-refractivity contribution in [1.82, 2.24) is 0 Å². The fourth-order valence-electron chi connectivity index (χ4n) is 4.90. The summed E-state index contributed by atoms with van der Waals surface area (Å²) in [5.74, 6) is -0.353. The minimum absolute atomic E-state index is 0.0158. The van der Waals surface area contributed by atoms with Crippen LogP contribution in [0.4, 0.5) is 0 Å². The summed E-state index contributed by atoms with van der Waals surface area (Å²) in [5, 5.41) is 0. The highest BCUT2D eigenvalue weighted by molar-refractivity contribution is 5.98. The van der Waals surface area contributed by atoms with Gasteiger partial charge in [0.2, 0.25) is 0 Å². The van der Waals surface area contributed by atoms with E-state index in [0.717, 1.165) is 22.3 Å². The highest BCUT2D eigenvalue weighted by Gasteiger charge is 2.25. The molecule has 244 valence electrons. The van der Waals surface area contributed by atoms with E-state index in [1.54, 1.807) is 30.3 Å². The van der Waals surface area contributed by atoms with Crippen LogP contribution in [0.5, 0.6) is 23.0 Å². The lowest BCUT2D eigenvalue weighted by Crippen LogP contribution is -2.15. The molecule has 7 nitrogen and oxygen atoms in total. The van der Waals surface area contributed by atoms with Gasteiger partial charge >= 0.3 is 11.9 Å². The second-order valence-corrected chi connectivity index (χ2v) is 11.1. The van der Waals surface area contributed by atoms with Crippen LogP contribution in [0.3, 0.4) is 0 Å². The Labute approximate surface area is 285 Å². The first-order valence-corrected chi connectivity index (χ1v) is 15.8. The van der Waals surface area contributed by atoms with Gasteiger partial charge in [-0.25, -0.2) is 9.59 Å². The summed E-state index contributed by atoms with van der Waals surface area (Å²) in [6, 6.07) is 48.0. The van der Waals surface area contributed by atoms with Crippen LogP contribution in [0.1, 0.15) is 43.0 Å². The standard InChI is InChI=1S/C42H34O7/c43-41(35-21-23-36(24-22-35)45-27-31-13-5-1-6-14-31)49-39-26-37(46-28-32-15-7-2-8-16-32)25-38(47-29-33-17-9-3-10-18-33)40(39)42(44)48-30-34-19-11-4-12-20-34/h1-26H,27-30H2. The first kappa shape index (κ1) is 32.6. The number of ether oxygens (including phenoxy) is 5. The molecule has 6 aromatic carbocycles. The van der Waals surface area contributed by atoms with Gasteiger partial charge in [0, 0.05) is 12.1 Å². The predicted octanol–water partition coefficient (Wildman–Crippen LogP) is 9.00. The molecule has 0 N–H and O–H groups in total. The van der Waals surface area contributed by atoms with Gasteiger partial charge in [-0.1, -0.05) is 121 Å². The Hall–Kier alpha value is -6.34. The fourth-order valence-corrected chi connectivity index (χ4v) is 4.90. The van der Waals surface area contributed by atoms with Crippen LogP contribution < -0.4 is 18.9 Å². The lowest BCUT2D eigenvalue weighted by Gasteiger charge is -2.18. The van der Waals surface area contributed by atoms with Gasteiger partial charge < -0.3 is 23.7 Å². The van der Waals surface area contributed by atoms with E-state index in [9.17, 15) is 9.59 Å². The smallest absolute Gasteiger partial charge is 0.346 e. The van der Waals surface area contributed by atoms with Gasteiger partial charge in [0.15, 0.2) is 5.75 Å². The molecule has 49 heavy (non-hydrogen) atoms. The van der Waals surface area contributed by atoms with Crippen molar-refractivity contribution in [2.45, 2.75) is 26.4 Å². The summed E-state index contributed by atoms with van der Waals surface area (Å²) < 4.78 is 29.8. The average molecular weight is 651 g/mol. The molecule has 0 aromatic heterocycles. The molecule has 0 fully saturated rings. The predicted molar refractivity (Wildman–Crippen MR) is 186 cm³/mol. The molecule has 0 unspecified atom stereocenters. The molecule has 6 aromatic rings. The van der Waals surface area contributed by atoms with Crippen LogP contribution in [0.25, 0.3) is 0 Å². The molecule has 0 aliphatic heterocycles. The normalized spacial score (nSPS) is 10.5. The number of rotatable bonds is 14. The van der Waals surface area contributed by atoms with Crippen LogP contribution in [-0.4, -0.2) is 11.9 Å². The molecular weight excluding hydrogens is 616 g/mol. The third kappa shape index (κ3) is 9.36. The highest BCUT2D eigenvalue weighted by Crippen LogP contribution is 2.37. The van der Waals surface area contributed by atoms with Crippen molar-refractivity contribution in [2.24, 2.45) is 0 Å². The third-order valence-corrected chi connectivity index (χ3v) is 7.48. The summed E-state index contributed by atoms with van der Waals surface area (Å²) in [6.45, 7) is 0.802. The molecule has 0 saturated heterocycles. The third-order valence-electron chi connectivity index (χ3n) is 7.48. The summed E-state index contributed by atoms with van der Waals surface area (Å²) in [6.07, 6.45) is 0. The average Bonchev–Trinajstić information content (AvgIpc) is 3.16. The van der Waals surface area contributed by atoms with Gasteiger partial charge in [-0.3, -0.25) is 0 Å². The monoisotopic (exact) mass is 650 g/mol. The fraction of sp³-hybridized carbons (Fsp3) is 0.0952. The molecule has 0 radical (unpaired) electrons. The van der Waals surface area contributed by atoms with E-state index in [2.05, 4.69) is 0 Å². The van der Waals surface area contributed by atoms with Gasteiger partial charge in [0.25, 0.3) is 0 Å². The molecule has 0 aliphatic rings. The van der Waals surface area contributed by atoms with Gasteiger partial charge in [-0.15, -0.1) is 0 Å². The molecule has 7 heteroatoms. The first-order valence-electron chi connectivity index (χ1n) is 15.8. The van der Waals surface area contributed by atoms with Crippen LogP contribution in [0, 0.1) is 0 Å². The maximum Gasteiger partial charge on any atom is 0.346 e. The summed E-state index contributed by atoms with van der Waals surface area (Å²) in [7, 11) is 0. The summed E-state index contributed by atoms with van der Waals surface area (Å²) in [4.78, 5) is 27.3. The number of benzene rings is 6. The zero-order valence-electron chi connectivity index (χ0n) is 26.7. The number of esters is 2. The van der Waals surface area contributed by atoms with E-state index < -0.39 is 11.9 Å². The molecule has 0 spiro atoms. The van der Waals surface area contributed by atoms with Crippen molar-refractivity contribution in [3.05, 3.63) is 191 Å². The van der Waals surface area contributed by atoms with Gasteiger partial charge in [0.1, 0.15) is 49.2 Å². The molecule has 0 bridgehead atoms. The van der Waals surface area contributed by atoms with Crippen molar-refractivity contribution >= 4 is 11.9 Å². The Morgan fingerprint density at radius 3 is 1.35 bits per heavy atom. The maximum absolute atomic E-state index is 13.8. The van der Waals surface area contributed by atoms with E-state index in [1.807, 2.05) is 121 Å². The minimum atomic E-state index is -0.714. The molecule has 0 atom stereocenters. The largest absolute Gasteiger partial charge is 0.489 e. The Morgan fingerprint density at radius 1 is 0.408 bits per heavy atom. The minimum Gasteiger partial charge on any atom is -0.489 e. The molecule has 0 aliphatic carbocycles. The quantitative estimate of drug-likeness (QED) is 0.0860. The van der Waals surface area contributed by atoms with Crippen molar-refractivity contribution in [3.63, 3.8) is 0 Å². The van der Waals surface area contributed by atoms with E-state index >= 15 is 0 Å². The Bertz CT molecular complexity index is 1940. The lowest BCUT2D eigenvalue weighted by atomic mass is 10.1. The van der Waals surface area contributed by atoms with Crippen molar-refractivity contribution in [1.29, 1.82) is 0 Å². The van der Waals surface area contributed by atoms with Gasteiger partial charge in [0.05, 0.1) is 5.56 Å². The SMILES string of the molecule is O=C(Oc1cc(OCc2ccccc2)cc(OCc2ccccc2)c1C(=O)OCc1ccccc1)c1ccc(OCc2ccccc2)cc1. The lowest BCUT2D eigenvalue weighted by molar-refractivity contribution is 0.0462. The van der Waals surface area contributed by atoms with E-state index in [-0.39, 0.29) is 42.4 Å². The zero-order valence-corrected chi connectivity index (χ0v) is 26.7. The highest BCUT2D eigenvalue weighted by atomic mass is 16.6. The molecule has 0 saturated carbocycles. The van der Waals surface area contributed by atoms with Crippen molar-refractivity contribution in [2.75, 3.05) is 0 Å². The second kappa shape index (κ2) is 16.5. The van der Waals surface area contributed by atoms with E-state index in [4.69, 9.17) is 23.7 Å². The number of carbonyl (C=O) groups excluding carboxylic acids is 2. The number of hydrogen-bond donors (Lipinski definition) is 0. The summed E-state index contributed by atoms with van der Waals surface area (Å²) in [5.41, 5.74) is 3.88. The summed E-state index contributed by atoms with van der Waals surface area (Å²) >= 11 is 0. The molecule has 6 rings (SSSR count). The van der Waals surface area contributed by atoms with Crippen LogP contribution in [0.2, 0.25) is 0 Å². The van der Waals surface area contributed by atoms with E-state index in [1.165, 1.54) is 6.07 Å². The van der Waals surface area contributed by atoms with Gasteiger partial charge in [-0.2, -0.15) is 0 Å². The van der Waals surface area contributed by atoms with Crippen molar-refractivity contribution in [3.8, 4) is 23.0 Å². The molecule has 0 heterocycles. The maximum atomic E-state index is 13.8. The Balaban J connectivity index is 1.28. The topological polar surface area (TPSA) is 80.3 Å². The first-order chi connectivity index (χ1) is 24.1. The zero-order chi connectivity index (χ0) is 33.7. The van der Waals surface area contributed by atoms with Crippen molar-refractivity contribution < 1.29 is 33.3 Å².